The predicted octanol–water partition coefficient (Wildman–Crippen LogP) is 1.55. The van der Waals surface area contributed by atoms with E-state index in [2.05, 4.69) is 4.90 Å². The van der Waals surface area contributed by atoms with Crippen LogP contribution in [0.1, 0.15) is 18.4 Å². The van der Waals surface area contributed by atoms with Crippen molar-refractivity contribution in [3.05, 3.63) is 28.8 Å². The van der Waals surface area contributed by atoms with E-state index in [1.807, 2.05) is 0 Å². The smallest absolute Gasteiger partial charge is 0.242 e. The van der Waals surface area contributed by atoms with Crippen LogP contribution in [0.5, 0.6) is 0 Å². The maximum absolute atomic E-state index is 12.5. The van der Waals surface area contributed by atoms with Crippen molar-refractivity contribution >= 4 is 21.6 Å². The first kappa shape index (κ1) is 16.7. The molecule has 0 bridgehead atoms. The fraction of sp³-hybridized carbons (Fsp3) is 0.571. The Hall–Kier alpha value is -0.660. The molecule has 0 atom stereocenters. The number of hydrogen-bond donors (Lipinski definition) is 1. The first-order valence-electron chi connectivity index (χ1n) is 7.03. The highest BCUT2D eigenvalue weighted by molar-refractivity contribution is 7.89. The monoisotopic (exact) mass is 332 g/mol. The topological polar surface area (TPSA) is 60.9 Å². The summed E-state index contributed by atoms with van der Waals surface area (Å²) in [5.74, 6) is 0. The van der Waals surface area contributed by atoms with E-state index in [1.54, 1.807) is 7.05 Å². The maximum Gasteiger partial charge on any atom is 0.242 e. The molecule has 1 heterocycles. The second kappa shape index (κ2) is 7.07. The molecule has 0 radical (unpaired) electrons. The van der Waals surface area contributed by atoms with Gasteiger partial charge >= 0.3 is 0 Å². The van der Waals surface area contributed by atoms with Gasteiger partial charge in [-0.15, -0.1) is 0 Å². The van der Waals surface area contributed by atoms with Crippen LogP contribution in [0.4, 0.5) is 0 Å². The second-order valence-electron chi connectivity index (χ2n) is 5.29. The summed E-state index contributed by atoms with van der Waals surface area (Å²) in [4.78, 5) is 2.44. The summed E-state index contributed by atoms with van der Waals surface area (Å²) in [6.07, 6.45) is 2.38. The first-order chi connectivity index (χ1) is 9.95. The number of rotatable bonds is 6. The summed E-state index contributed by atoms with van der Waals surface area (Å²) in [5.41, 5.74) is 0.422. The zero-order valence-corrected chi connectivity index (χ0v) is 13.7. The van der Waals surface area contributed by atoms with Crippen LogP contribution < -0.4 is 0 Å². The van der Waals surface area contributed by atoms with Crippen molar-refractivity contribution < 1.29 is 13.5 Å². The third-order valence-electron chi connectivity index (χ3n) is 3.83. The van der Waals surface area contributed by atoms with E-state index in [0.29, 0.717) is 17.1 Å². The molecule has 1 saturated heterocycles. The van der Waals surface area contributed by atoms with Crippen LogP contribution in [0.3, 0.4) is 0 Å². The molecule has 0 aliphatic carbocycles. The molecule has 21 heavy (non-hydrogen) atoms. The van der Waals surface area contributed by atoms with Gasteiger partial charge in [-0.3, -0.25) is 0 Å². The molecule has 1 fully saturated rings. The number of hydrogen-bond acceptors (Lipinski definition) is 4. The molecule has 1 aliphatic heterocycles. The average molecular weight is 333 g/mol. The number of likely N-dealkylation sites (tertiary alicyclic amines) is 1. The number of benzene rings is 1. The molecule has 0 unspecified atom stereocenters. The first-order valence-corrected chi connectivity index (χ1v) is 8.85. The van der Waals surface area contributed by atoms with Crippen LogP contribution in [-0.4, -0.2) is 56.0 Å². The Balaban J connectivity index is 2.08. The van der Waals surface area contributed by atoms with Crippen LogP contribution in [0.2, 0.25) is 5.02 Å². The standard InChI is InChI=1S/C14H21ClN2O3S/c1-16(8-9-17-6-2-3-7-17)21(19,20)13-4-5-14(15)12(10-13)11-18/h4-5,10,18H,2-3,6-9,11H2,1H3. The van der Waals surface area contributed by atoms with Crippen LogP contribution in [-0.2, 0) is 16.6 Å². The van der Waals surface area contributed by atoms with Gasteiger partial charge in [-0.25, -0.2) is 8.42 Å². The minimum absolute atomic E-state index is 0.167. The lowest BCUT2D eigenvalue weighted by Crippen LogP contribution is -2.35. The molecule has 2 rings (SSSR count). The molecule has 0 aromatic heterocycles. The average Bonchev–Trinajstić information content (AvgIpc) is 2.98. The zero-order chi connectivity index (χ0) is 15.5. The Bertz CT molecular complexity index is 586. The molecule has 0 amide bonds. The summed E-state index contributed by atoms with van der Waals surface area (Å²) in [7, 11) is -1.96. The van der Waals surface area contributed by atoms with Crippen LogP contribution in [0, 0.1) is 0 Å². The Labute approximate surface area is 131 Å². The second-order valence-corrected chi connectivity index (χ2v) is 7.74. The van der Waals surface area contributed by atoms with Gasteiger partial charge in [0.05, 0.1) is 11.5 Å². The minimum Gasteiger partial charge on any atom is -0.392 e. The summed E-state index contributed by atoms with van der Waals surface area (Å²) in [5, 5.41) is 9.57. The number of aliphatic hydroxyl groups is 1. The normalized spacial score (nSPS) is 16.8. The molecule has 0 spiro atoms. The van der Waals surface area contributed by atoms with Crippen molar-refractivity contribution in [2.75, 3.05) is 33.2 Å². The van der Waals surface area contributed by atoms with Crippen molar-refractivity contribution in [3.63, 3.8) is 0 Å². The number of sulfonamides is 1. The third kappa shape index (κ3) is 3.96. The third-order valence-corrected chi connectivity index (χ3v) is 6.05. The van der Waals surface area contributed by atoms with Gasteiger partial charge in [0.1, 0.15) is 0 Å². The molecule has 1 aromatic rings. The number of likely N-dealkylation sites (N-methyl/N-ethyl adjacent to an activating group) is 1. The van der Waals surface area contributed by atoms with Gasteiger partial charge in [0.25, 0.3) is 0 Å². The quantitative estimate of drug-likeness (QED) is 0.858. The molecule has 1 N–H and O–H groups in total. The molecule has 1 aliphatic rings. The highest BCUT2D eigenvalue weighted by Crippen LogP contribution is 2.22. The lowest BCUT2D eigenvalue weighted by atomic mass is 10.2. The maximum atomic E-state index is 12.5. The van der Waals surface area contributed by atoms with E-state index < -0.39 is 10.0 Å². The highest BCUT2D eigenvalue weighted by atomic mass is 35.5. The van der Waals surface area contributed by atoms with Crippen LogP contribution in [0.25, 0.3) is 0 Å². The summed E-state index contributed by atoms with van der Waals surface area (Å²) >= 11 is 5.90. The summed E-state index contributed by atoms with van der Waals surface area (Å²) in [6, 6.07) is 4.42. The lowest BCUT2D eigenvalue weighted by Gasteiger charge is -2.21. The predicted molar refractivity (Wildman–Crippen MR) is 82.9 cm³/mol. The Morgan fingerprint density at radius 3 is 2.62 bits per heavy atom. The largest absolute Gasteiger partial charge is 0.392 e. The molecular weight excluding hydrogens is 312 g/mol. The van der Waals surface area contributed by atoms with Crippen molar-refractivity contribution in [2.45, 2.75) is 24.3 Å². The fourth-order valence-corrected chi connectivity index (χ4v) is 3.81. The van der Waals surface area contributed by atoms with E-state index in [-0.39, 0.29) is 11.5 Å². The number of halogens is 1. The van der Waals surface area contributed by atoms with Crippen LogP contribution in [0.15, 0.2) is 23.1 Å². The van der Waals surface area contributed by atoms with E-state index >= 15 is 0 Å². The zero-order valence-electron chi connectivity index (χ0n) is 12.1. The van der Waals surface area contributed by atoms with Crippen molar-refractivity contribution in [1.82, 2.24) is 9.21 Å². The fourth-order valence-electron chi connectivity index (χ4n) is 2.42. The van der Waals surface area contributed by atoms with E-state index in [4.69, 9.17) is 11.6 Å². The molecular formula is C14H21ClN2O3S. The van der Waals surface area contributed by atoms with E-state index in [0.717, 1.165) is 19.6 Å². The Kier molecular flexibility index (Phi) is 5.62. The molecule has 7 heteroatoms. The van der Waals surface area contributed by atoms with Gasteiger partial charge in [0.15, 0.2) is 0 Å². The number of nitrogens with zero attached hydrogens (tertiary/aromatic N) is 2. The van der Waals surface area contributed by atoms with Gasteiger partial charge in [-0.05, 0) is 49.7 Å². The van der Waals surface area contributed by atoms with Gasteiger partial charge in [-0.1, -0.05) is 11.6 Å². The Morgan fingerprint density at radius 1 is 1.33 bits per heavy atom. The van der Waals surface area contributed by atoms with Gasteiger partial charge in [-0.2, -0.15) is 4.31 Å². The van der Waals surface area contributed by atoms with Crippen LogP contribution >= 0.6 is 11.6 Å². The minimum atomic E-state index is -3.54. The summed E-state index contributed by atoms with van der Waals surface area (Å²) in [6.45, 7) is 3.02. The SMILES string of the molecule is CN(CCN1CCCC1)S(=O)(=O)c1ccc(Cl)c(CO)c1. The molecule has 1 aromatic carbocycles. The molecule has 118 valence electrons. The van der Waals surface area contributed by atoms with E-state index in [1.165, 1.54) is 35.3 Å². The van der Waals surface area contributed by atoms with Crippen molar-refractivity contribution in [1.29, 1.82) is 0 Å². The van der Waals surface area contributed by atoms with Crippen molar-refractivity contribution in [2.24, 2.45) is 0 Å². The Morgan fingerprint density at radius 2 is 2.00 bits per heavy atom. The number of aliphatic hydroxyl groups excluding tert-OH is 1. The lowest BCUT2D eigenvalue weighted by molar-refractivity contribution is 0.281. The van der Waals surface area contributed by atoms with Crippen molar-refractivity contribution in [3.8, 4) is 0 Å². The van der Waals surface area contributed by atoms with Gasteiger partial charge < -0.3 is 10.0 Å². The van der Waals surface area contributed by atoms with E-state index in [9.17, 15) is 13.5 Å². The summed E-state index contributed by atoms with van der Waals surface area (Å²) < 4.78 is 26.4. The molecule has 0 saturated carbocycles. The molecule has 5 nitrogen and oxygen atoms in total. The van der Waals surface area contributed by atoms with Gasteiger partial charge in [0, 0.05) is 25.2 Å². The van der Waals surface area contributed by atoms with Gasteiger partial charge in [0.2, 0.25) is 10.0 Å². The highest BCUT2D eigenvalue weighted by Gasteiger charge is 2.22.